The molecule has 0 saturated carbocycles. The second-order valence-corrected chi connectivity index (χ2v) is 6.85. The number of benzene rings is 1. The Hall–Kier alpha value is -4.23. The molecular weight excluding hydrogens is 418 g/mol. The first kappa shape index (κ1) is 22.5. The van der Waals surface area contributed by atoms with Gasteiger partial charge in [-0.05, 0) is 49.3 Å². The molecule has 3 rings (SSSR count). The summed E-state index contributed by atoms with van der Waals surface area (Å²) in [6, 6.07) is 9.20. The molecule has 10 heteroatoms. The Labute approximate surface area is 182 Å². The zero-order chi connectivity index (χ0) is 23.4. The van der Waals surface area contributed by atoms with Gasteiger partial charge in [-0.15, -0.1) is 0 Å². The van der Waals surface area contributed by atoms with E-state index in [9.17, 15) is 25.0 Å². The molecule has 2 aromatic rings. The first-order valence-corrected chi connectivity index (χ1v) is 9.55. The number of carbonyl (C=O) groups excluding carboxylic acids is 2. The van der Waals surface area contributed by atoms with Crippen LogP contribution in [0.2, 0.25) is 0 Å². The molecule has 0 unspecified atom stereocenters. The van der Waals surface area contributed by atoms with Gasteiger partial charge in [0.15, 0.2) is 0 Å². The number of ether oxygens (including phenoxy) is 1. The molecule has 0 bridgehead atoms. The third-order valence-electron chi connectivity index (χ3n) is 4.95. The maximum Gasteiger partial charge on any atom is 0.284 e. The summed E-state index contributed by atoms with van der Waals surface area (Å²) in [7, 11) is 1.40. The number of furan rings is 1. The van der Waals surface area contributed by atoms with E-state index in [0.717, 1.165) is 4.90 Å². The molecule has 1 aromatic heterocycles. The molecule has 1 aliphatic heterocycles. The Morgan fingerprint density at radius 3 is 2.66 bits per heavy atom. The zero-order valence-corrected chi connectivity index (χ0v) is 17.3. The number of aliphatic hydroxyl groups is 1. The average Bonchev–Trinajstić information content (AvgIpc) is 3.25. The first-order valence-electron chi connectivity index (χ1n) is 9.55. The van der Waals surface area contributed by atoms with E-state index in [2.05, 4.69) is 0 Å². The SMILES string of the molecule is COc1ccc(-c2ccc(/C=C3\C(=O)N(CCCO)C(=O)C(C#N)=C3C)o2)c([N+](=O)[O-])c1. The van der Waals surface area contributed by atoms with Crippen molar-refractivity contribution in [2.45, 2.75) is 13.3 Å². The van der Waals surface area contributed by atoms with Gasteiger partial charge >= 0.3 is 0 Å². The molecule has 1 aliphatic rings. The van der Waals surface area contributed by atoms with Gasteiger partial charge in [0, 0.05) is 18.7 Å². The largest absolute Gasteiger partial charge is 0.497 e. The number of nitrogens with zero attached hydrogens (tertiary/aromatic N) is 3. The molecule has 0 radical (unpaired) electrons. The van der Waals surface area contributed by atoms with Crippen LogP contribution in [0.25, 0.3) is 17.4 Å². The highest BCUT2D eigenvalue weighted by Gasteiger charge is 2.35. The van der Waals surface area contributed by atoms with E-state index in [-0.39, 0.29) is 59.1 Å². The number of imide groups is 1. The Morgan fingerprint density at radius 1 is 1.28 bits per heavy atom. The summed E-state index contributed by atoms with van der Waals surface area (Å²) >= 11 is 0. The lowest BCUT2D eigenvalue weighted by Gasteiger charge is -2.27. The van der Waals surface area contributed by atoms with Crippen molar-refractivity contribution >= 4 is 23.6 Å². The monoisotopic (exact) mass is 437 g/mol. The van der Waals surface area contributed by atoms with Crippen molar-refractivity contribution < 1.29 is 28.8 Å². The summed E-state index contributed by atoms with van der Waals surface area (Å²) in [5.41, 5.74) is 0.127. The zero-order valence-electron chi connectivity index (χ0n) is 17.3. The number of rotatable bonds is 7. The van der Waals surface area contributed by atoms with Gasteiger partial charge in [-0.2, -0.15) is 5.26 Å². The molecule has 0 aliphatic carbocycles. The van der Waals surface area contributed by atoms with Gasteiger partial charge in [0.05, 0.1) is 23.7 Å². The number of nitriles is 1. The number of nitro benzene ring substituents is 1. The fourth-order valence-corrected chi connectivity index (χ4v) is 3.28. The lowest BCUT2D eigenvalue weighted by molar-refractivity contribution is -0.384. The number of hydrogen-bond donors (Lipinski definition) is 1. The van der Waals surface area contributed by atoms with E-state index in [1.54, 1.807) is 6.07 Å². The fraction of sp³-hybridized carbons (Fsp3) is 0.227. The van der Waals surface area contributed by atoms with Crippen LogP contribution in [0.15, 0.2) is 51.5 Å². The van der Waals surface area contributed by atoms with Gasteiger partial charge in [-0.1, -0.05) is 0 Å². The van der Waals surface area contributed by atoms with Crippen molar-refractivity contribution in [3.05, 3.63) is 62.9 Å². The van der Waals surface area contributed by atoms with Crippen molar-refractivity contribution in [2.75, 3.05) is 20.3 Å². The van der Waals surface area contributed by atoms with E-state index >= 15 is 0 Å². The van der Waals surface area contributed by atoms with Crippen molar-refractivity contribution in [1.82, 2.24) is 4.90 Å². The van der Waals surface area contributed by atoms with Gasteiger partial charge in [0.2, 0.25) is 0 Å². The highest BCUT2D eigenvalue weighted by molar-refractivity contribution is 6.19. The molecule has 2 heterocycles. The third-order valence-corrected chi connectivity index (χ3v) is 4.95. The smallest absolute Gasteiger partial charge is 0.284 e. The first-order chi connectivity index (χ1) is 15.3. The Balaban J connectivity index is 2.04. The Bertz CT molecular complexity index is 1200. The molecule has 0 saturated heterocycles. The van der Waals surface area contributed by atoms with Crippen LogP contribution in [0.5, 0.6) is 5.75 Å². The van der Waals surface area contributed by atoms with Crippen LogP contribution in [-0.4, -0.2) is 47.0 Å². The standard InChI is InChI=1S/C22H19N3O7/c1-13-17(21(27)24(8-3-9-26)22(28)18(13)12-23)10-15-5-7-20(32-15)16-6-4-14(31-2)11-19(16)25(29)30/h4-7,10-11,26H,3,8-9H2,1-2H3/b17-10-. The minimum absolute atomic E-state index is 0.0363. The summed E-state index contributed by atoms with van der Waals surface area (Å²) in [5.74, 6) is -0.603. The van der Waals surface area contributed by atoms with Crippen molar-refractivity contribution in [3.8, 4) is 23.1 Å². The van der Waals surface area contributed by atoms with Crippen molar-refractivity contribution in [2.24, 2.45) is 0 Å². The number of methoxy groups -OCH3 is 1. The van der Waals surface area contributed by atoms with Gasteiger partial charge < -0.3 is 14.3 Å². The van der Waals surface area contributed by atoms with Crippen LogP contribution in [0.4, 0.5) is 5.69 Å². The lowest BCUT2D eigenvalue weighted by Crippen LogP contribution is -2.43. The molecule has 1 N–H and O–H groups in total. The maximum absolute atomic E-state index is 12.9. The number of hydrogen-bond acceptors (Lipinski definition) is 8. The predicted molar refractivity (Wildman–Crippen MR) is 112 cm³/mol. The van der Waals surface area contributed by atoms with Crippen LogP contribution < -0.4 is 4.74 Å². The van der Waals surface area contributed by atoms with E-state index in [0.29, 0.717) is 5.75 Å². The Morgan fingerprint density at radius 2 is 2.03 bits per heavy atom. The minimum Gasteiger partial charge on any atom is -0.497 e. The van der Waals surface area contributed by atoms with E-state index in [4.69, 9.17) is 14.3 Å². The highest BCUT2D eigenvalue weighted by atomic mass is 16.6. The average molecular weight is 437 g/mol. The molecule has 0 fully saturated rings. The molecule has 164 valence electrons. The number of carbonyl (C=O) groups is 2. The fourth-order valence-electron chi connectivity index (χ4n) is 3.28. The molecular formula is C22H19N3O7. The van der Waals surface area contributed by atoms with Crippen molar-refractivity contribution in [3.63, 3.8) is 0 Å². The van der Waals surface area contributed by atoms with Crippen LogP contribution in [-0.2, 0) is 9.59 Å². The normalized spacial score (nSPS) is 15.3. The lowest BCUT2D eigenvalue weighted by atomic mass is 9.94. The van der Waals surface area contributed by atoms with Crippen LogP contribution in [0, 0.1) is 21.4 Å². The van der Waals surface area contributed by atoms with Gasteiger partial charge in [0.1, 0.15) is 28.9 Å². The summed E-state index contributed by atoms with van der Waals surface area (Å²) < 4.78 is 10.8. The summed E-state index contributed by atoms with van der Waals surface area (Å²) in [5, 5.41) is 29.9. The maximum atomic E-state index is 12.9. The summed E-state index contributed by atoms with van der Waals surface area (Å²) in [4.78, 5) is 37.1. The molecule has 0 atom stereocenters. The van der Waals surface area contributed by atoms with Crippen LogP contribution in [0.3, 0.4) is 0 Å². The molecule has 1 aromatic carbocycles. The van der Waals surface area contributed by atoms with Gasteiger partial charge in [-0.25, -0.2) is 0 Å². The molecule has 2 amide bonds. The van der Waals surface area contributed by atoms with E-state index < -0.39 is 16.7 Å². The Kier molecular flexibility index (Phi) is 6.51. The van der Waals surface area contributed by atoms with Crippen LogP contribution >= 0.6 is 0 Å². The summed E-state index contributed by atoms with van der Waals surface area (Å²) in [6.45, 7) is 1.23. The van der Waals surface area contributed by atoms with E-state index in [1.807, 2.05) is 6.07 Å². The second-order valence-electron chi connectivity index (χ2n) is 6.85. The molecule has 10 nitrogen and oxygen atoms in total. The number of aliphatic hydroxyl groups excluding tert-OH is 1. The van der Waals surface area contributed by atoms with Gasteiger partial charge in [0.25, 0.3) is 17.5 Å². The highest BCUT2D eigenvalue weighted by Crippen LogP contribution is 2.35. The second kappa shape index (κ2) is 9.28. The molecule has 32 heavy (non-hydrogen) atoms. The third kappa shape index (κ3) is 4.14. The number of amides is 2. The van der Waals surface area contributed by atoms with Crippen molar-refractivity contribution in [1.29, 1.82) is 5.26 Å². The van der Waals surface area contributed by atoms with Gasteiger partial charge in [-0.3, -0.25) is 24.6 Å². The van der Waals surface area contributed by atoms with Crippen LogP contribution in [0.1, 0.15) is 19.1 Å². The number of nitro groups is 1. The minimum atomic E-state index is -0.713. The predicted octanol–water partition coefficient (Wildman–Crippen LogP) is 2.84. The topological polar surface area (TPSA) is 147 Å². The quantitative estimate of drug-likeness (QED) is 0.301. The summed E-state index contributed by atoms with van der Waals surface area (Å²) in [6.07, 6.45) is 1.56. The van der Waals surface area contributed by atoms with E-state index in [1.165, 1.54) is 44.4 Å². The molecule has 0 spiro atoms.